The lowest BCUT2D eigenvalue weighted by Gasteiger charge is -2.36. The van der Waals surface area contributed by atoms with Crippen LogP contribution >= 0.6 is 0 Å². The average molecular weight is 271 g/mol. The molecule has 1 fully saturated rings. The lowest BCUT2D eigenvalue weighted by molar-refractivity contribution is 0.0745. The molecule has 0 bridgehead atoms. The Balaban J connectivity index is 1.64. The summed E-state index contributed by atoms with van der Waals surface area (Å²) in [5, 5.41) is 0. The fourth-order valence-electron chi connectivity index (χ4n) is 2.50. The molecule has 20 heavy (non-hydrogen) atoms. The molecule has 0 unspecified atom stereocenters. The van der Waals surface area contributed by atoms with Gasteiger partial charge >= 0.3 is 0 Å². The first-order valence-corrected chi connectivity index (χ1v) is 6.74. The van der Waals surface area contributed by atoms with Crippen molar-refractivity contribution in [3.05, 3.63) is 48.2 Å². The van der Waals surface area contributed by atoms with E-state index in [0.717, 1.165) is 31.9 Å². The summed E-state index contributed by atoms with van der Waals surface area (Å²) in [7, 11) is 0. The van der Waals surface area contributed by atoms with Gasteiger partial charge < -0.3 is 14.2 Å². The highest BCUT2D eigenvalue weighted by molar-refractivity contribution is 5.95. The molecule has 1 saturated heterocycles. The molecule has 2 aromatic rings. The minimum absolute atomic E-state index is 0.0608. The number of furan rings is 1. The second-order valence-electron chi connectivity index (χ2n) is 4.88. The summed E-state index contributed by atoms with van der Waals surface area (Å²) in [6.45, 7) is 4.96. The number of anilines is 1. The molecule has 3 heterocycles. The number of pyridine rings is 1. The molecule has 0 atom stereocenters. The van der Waals surface area contributed by atoms with Crippen molar-refractivity contribution < 1.29 is 9.21 Å². The number of hydrogen-bond donors (Lipinski definition) is 0. The van der Waals surface area contributed by atoms with Crippen LogP contribution in [0.4, 0.5) is 5.69 Å². The Morgan fingerprint density at radius 1 is 1.15 bits per heavy atom. The Hall–Kier alpha value is -2.30. The normalized spacial score (nSPS) is 15.4. The van der Waals surface area contributed by atoms with Crippen molar-refractivity contribution in [2.75, 3.05) is 31.1 Å². The van der Waals surface area contributed by atoms with Crippen LogP contribution in [0.2, 0.25) is 0 Å². The molecule has 0 radical (unpaired) electrons. The quantitative estimate of drug-likeness (QED) is 0.837. The predicted molar refractivity (Wildman–Crippen MR) is 75.8 cm³/mol. The number of carbonyl (C=O) groups is 1. The van der Waals surface area contributed by atoms with Gasteiger partial charge in [0.05, 0.1) is 11.8 Å². The molecule has 104 valence electrons. The maximum absolute atomic E-state index is 12.4. The van der Waals surface area contributed by atoms with E-state index in [4.69, 9.17) is 4.42 Å². The molecule has 0 aromatic carbocycles. The van der Waals surface area contributed by atoms with Gasteiger partial charge in [0.1, 0.15) is 5.76 Å². The lowest BCUT2D eigenvalue weighted by Crippen LogP contribution is -2.48. The van der Waals surface area contributed by atoms with E-state index in [9.17, 15) is 4.79 Å². The zero-order valence-corrected chi connectivity index (χ0v) is 11.5. The van der Waals surface area contributed by atoms with Crippen molar-refractivity contribution in [1.29, 1.82) is 0 Å². The zero-order valence-electron chi connectivity index (χ0n) is 11.5. The second-order valence-corrected chi connectivity index (χ2v) is 4.88. The molecule has 3 rings (SSSR count). The summed E-state index contributed by atoms with van der Waals surface area (Å²) in [5.41, 5.74) is 1.83. The van der Waals surface area contributed by atoms with Crippen molar-refractivity contribution in [2.45, 2.75) is 6.92 Å². The molecule has 1 amide bonds. The van der Waals surface area contributed by atoms with Gasteiger partial charge in [0.25, 0.3) is 5.91 Å². The van der Waals surface area contributed by atoms with Gasteiger partial charge in [-0.05, 0) is 25.1 Å². The van der Waals surface area contributed by atoms with Gasteiger partial charge in [0.15, 0.2) is 0 Å². The maximum Gasteiger partial charge on any atom is 0.257 e. The first-order chi connectivity index (χ1) is 9.75. The molecule has 5 heteroatoms. The molecular formula is C15H17N3O2. The molecule has 5 nitrogen and oxygen atoms in total. The Morgan fingerprint density at radius 3 is 2.45 bits per heavy atom. The van der Waals surface area contributed by atoms with Crippen LogP contribution in [0.1, 0.15) is 16.1 Å². The molecular weight excluding hydrogens is 254 g/mol. The minimum Gasteiger partial charge on any atom is -0.469 e. The van der Waals surface area contributed by atoms with Gasteiger partial charge in [-0.2, -0.15) is 0 Å². The smallest absolute Gasteiger partial charge is 0.257 e. The third-order valence-electron chi connectivity index (χ3n) is 3.68. The third kappa shape index (κ3) is 2.39. The van der Waals surface area contributed by atoms with Crippen molar-refractivity contribution in [2.24, 2.45) is 0 Å². The largest absolute Gasteiger partial charge is 0.469 e. The van der Waals surface area contributed by atoms with Gasteiger partial charge in [-0.15, -0.1) is 0 Å². The Morgan fingerprint density at radius 2 is 1.85 bits per heavy atom. The van der Waals surface area contributed by atoms with Gasteiger partial charge in [0.2, 0.25) is 0 Å². The summed E-state index contributed by atoms with van der Waals surface area (Å²) < 4.78 is 5.20. The van der Waals surface area contributed by atoms with Crippen LogP contribution in [0.15, 0.2) is 41.3 Å². The van der Waals surface area contributed by atoms with Crippen LogP contribution in [0.5, 0.6) is 0 Å². The minimum atomic E-state index is 0.0608. The van der Waals surface area contributed by atoms with Gasteiger partial charge in [0, 0.05) is 44.3 Å². The van der Waals surface area contributed by atoms with Crippen LogP contribution in [-0.4, -0.2) is 42.0 Å². The Kier molecular flexibility index (Phi) is 3.41. The number of piperazine rings is 1. The topological polar surface area (TPSA) is 49.6 Å². The van der Waals surface area contributed by atoms with Crippen LogP contribution in [0.3, 0.4) is 0 Å². The fourth-order valence-corrected chi connectivity index (χ4v) is 2.50. The molecule has 0 aliphatic carbocycles. The SMILES string of the molecule is Cc1occc1C(=O)N1CCN(c2ccncc2)CC1. The summed E-state index contributed by atoms with van der Waals surface area (Å²) in [6.07, 6.45) is 5.15. The van der Waals surface area contributed by atoms with Crippen molar-refractivity contribution in [3.8, 4) is 0 Å². The highest BCUT2D eigenvalue weighted by atomic mass is 16.3. The number of aromatic nitrogens is 1. The number of rotatable bonds is 2. The van der Waals surface area contributed by atoms with Crippen molar-refractivity contribution in [1.82, 2.24) is 9.88 Å². The van der Waals surface area contributed by atoms with E-state index >= 15 is 0 Å². The van der Waals surface area contributed by atoms with Crippen molar-refractivity contribution in [3.63, 3.8) is 0 Å². The molecule has 0 saturated carbocycles. The zero-order chi connectivity index (χ0) is 13.9. The van der Waals surface area contributed by atoms with Crippen LogP contribution in [-0.2, 0) is 0 Å². The number of hydrogen-bond acceptors (Lipinski definition) is 4. The van der Waals surface area contributed by atoms with E-state index in [0.29, 0.717) is 11.3 Å². The number of carbonyl (C=O) groups excluding carboxylic acids is 1. The lowest BCUT2D eigenvalue weighted by atomic mass is 10.2. The second kappa shape index (κ2) is 5.36. The number of nitrogens with zero attached hydrogens (tertiary/aromatic N) is 3. The third-order valence-corrected chi connectivity index (χ3v) is 3.68. The van der Waals surface area contributed by atoms with E-state index in [1.54, 1.807) is 24.7 Å². The van der Waals surface area contributed by atoms with E-state index in [1.807, 2.05) is 24.0 Å². The molecule has 1 aliphatic rings. The van der Waals surface area contributed by atoms with Crippen molar-refractivity contribution >= 4 is 11.6 Å². The van der Waals surface area contributed by atoms with E-state index in [2.05, 4.69) is 9.88 Å². The Bertz CT molecular complexity index is 586. The summed E-state index contributed by atoms with van der Waals surface area (Å²) in [4.78, 5) is 20.5. The highest BCUT2D eigenvalue weighted by Gasteiger charge is 2.24. The monoisotopic (exact) mass is 271 g/mol. The first-order valence-electron chi connectivity index (χ1n) is 6.74. The Labute approximate surface area is 117 Å². The standard InChI is InChI=1S/C15H17N3O2/c1-12-14(4-11-20-12)15(19)18-9-7-17(8-10-18)13-2-5-16-6-3-13/h2-6,11H,7-10H2,1H3. The van der Waals surface area contributed by atoms with Gasteiger partial charge in [-0.3, -0.25) is 9.78 Å². The molecule has 1 aliphatic heterocycles. The van der Waals surface area contributed by atoms with Gasteiger partial charge in [-0.1, -0.05) is 0 Å². The fraction of sp³-hybridized carbons (Fsp3) is 0.333. The highest BCUT2D eigenvalue weighted by Crippen LogP contribution is 2.17. The molecule has 0 spiro atoms. The predicted octanol–water partition coefficient (Wildman–Crippen LogP) is 1.95. The van der Waals surface area contributed by atoms with Gasteiger partial charge in [-0.25, -0.2) is 0 Å². The van der Waals surface area contributed by atoms with E-state index in [1.165, 1.54) is 0 Å². The first kappa shape index (κ1) is 12.7. The summed E-state index contributed by atoms with van der Waals surface area (Å²) >= 11 is 0. The summed E-state index contributed by atoms with van der Waals surface area (Å²) in [5.74, 6) is 0.747. The van der Waals surface area contributed by atoms with E-state index in [-0.39, 0.29) is 5.91 Å². The summed E-state index contributed by atoms with van der Waals surface area (Å²) in [6, 6.07) is 5.74. The van der Waals surface area contributed by atoms with Crippen LogP contribution in [0.25, 0.3) is 0 Å². The molecule has 0 N–H and O–H groups in total. The van der Waals surface area contributed by atoms with E-state index < -0.39 is 0 Å². The molecule has 2 aromatic heterocycles. The van der Waals surface area contributed by atoms with Crippen LogP contribution < -0.4 is 4.90 Å². The number of amides is 1. The van der Waals surface area contributed by atoms with Crippen LogP contribution in [0, 0.1) is 6.92 Å². The average Bonchev–Trinajstić information content (AvgIpc) is 2.94. The maximum atomic E-state index is 12.4. The number of aryl methyl sites for hydroxylation is 1.